The van der Waals surface area contributed by atoms with Crippen molar-refractivity contribution in [2.24, 2.45) is 0 Å². The van der Waals surface area contributed by atoms with Gasteiger partial charge in [0.1, 0.15) is 0 Å². The fourth-order valence-corrected chi connectivity index (χ4v) is 3.39. The summed E-state index contributed by atoms with van der Waals surface area (Å²) >= 11 is 9.67. The largest absolute Gasteiger partial charge is 0.364 e. The molecule has 0 spiro atoms. The van der Waals surface area contributed by atoms with Crippen LogP contribution in [0, 0.1) is 0 Å². The Morgan fingerprint density at radius 3 is 2.74 bits per heavy atom. The fourth-order valence-electron chi connectivity index (χ4n) is 2.79. The molecule has 0 radical (unpaired) electrons. The number of nitrogens with zero attached hydrogens (tertiary/aromatic N) is 1. The first-order valence-electron chi connectivity index (χ1n) is 6.52. The quantitative estimate of drug-likeness (QED) is 0.705. The van der Waals surface area contributed by atoms with Crippen molar-refractivity contribution in [2.75, 3.05) is 11.4 Å². The highest BCUT2D eigenvalue weighted by Crippen LogP contribution is 2.37. The van der Waals surface area contributed by atoms with Gasteiger partial charge in [-0.25, -0.2) is 0 Å². The summed E-state index contributed by atoms with van der Waals surface area (Å²) < 4.78 is 1.14. The summed E-state index contributed by atoms with van der Waals surface area (Å²) in [4.78, 5) is 2.45. The van der Waals surface area contributed by atoms with Crippen molar-refractivity contribution in [2.45, 2.75) is 18.9 Å². The molecule has 1 atom stereocenters. The highest BCUT2D eigenvalue weighted by Gasteiger charge is 2.26. The van der Waals surface area contributed by atoms with Gasteiger partial charge in [-0.05, 0) is 48.7 Å². The van der Waals surface area contributed by atoms with Crippen LogP contribution in [0.1, 0.15) is 24.4 Å². The number of hydrogen-bond donors (Lipinski definition) is 0. The lowest BCUT2D eigenvalue weighted by atomic mass is 10.0. The molecule has 1 nitrogen and oxygen atoms in total. The molecule has 1 heterocycles. The number of anilines is 1. The minimum atomic E-state index is 0.455. The molecule has 3 heteroatoms. The highest BCUT2D eigenvalue weighted by molar-refractivity contribution is 9.10. The monoisotopic (exact) mass is 335 g/mol. The second kappa shape index (κ2) is 5.56. The van der Waals surface area contributed by atoms with Crippen LogP contribution < -0.4 is 4.90 Å². The molecule has 98 valence electrons. The third-order valence-electron chi connectivity index (χ3n) is 3.63. The normalized spacial score (nSPS) is 18.8. The molecule has 0 amide bonds. The Balaban J connectivity index is 1.93. The average Bonchev–Trinajstić information content (AvgIpc) is 2.88. The maximum Gasteiger partial charge on any atom is 0.0543 e. The zero-order valence-corrected chi connectivity index (χ0v) is 12.9. The van der Waals surface area contributed by atoms with Gasteiger partial charge in [-0.2, -0.15) is 0 Å². The van der Waals surface area contributed by atoms with E-state index in [4.69, 9.17) is 11.6 Å². The second-order valence-electron chi connectivity index (χ2n) is 4.89. The van der Waals surface area contributed by atoms with Gasteiger partial charge in [0.15, 0.2) is 0 Å². The molecule has 0 aliphatic carbocycles. The molecule has 2 aromatic carbocycles. The molecule has 0 N–H and O–H groups in total. The van der Waals surface area contributed by atoms with Crippen molar-refractivity contribution >= 4 is 33.2 Å². The predicted molar refractivity (Wildman–Crippen MR) is 84.9 cm³/mol. The molecule has 0 saturated carbocycles. The molecule has 1 unspecified atom stereocenters. The van der Waals surface area contributed by atoms with Crippen LogP contribution >= 0.6 is 27.5 Å². The van der Waals surface area contributed by atoms with Crippen LogP contribution in [0.3, 0.4) is 0 Å². The molecule has 2 aromatic rings. The van der Waals surface area contributed by atoms with E-state index in [1.54, 1.807) is 0 Å². The van der Waals surface area contributed by atoms with Crippen LogP contribution in [0.4, 0.5) is 5.69 Å². The Morgan fingerprint density at radius 1 is 1.11 bits per heavy atom. The van der Waals surface area contributed by atoms with Crippen molar-refractivity contribution in [3.8, 4) is 0 Å². The zero-order chi connectivity index (χ0) is 13.2. The third kappa shape index (κ3) is 2.80. The fraction of sp³-hybridized carbons (Fsp3) is 0.250. The molecular weight excluding hydrogens is 322 g/mol. The zero-order valence-electron chi connectivity index (χ0n) is 10.5. The Kier molecular flexibility index (Phi) is 3.81. The van der Waals surface area contributed by atoms with E-state index in [9.17, 15) is 0 Å². The maximum atomic E-state index is 6.11. The molecular formula is C16H15BrClN. The smallest absolute Gasteiger partial charge is 0.0543 e. The summed E-state index contributed by atoms with van der Waals surface area (Å²) in [5.74, 6) is 0. The van der Waals surface area contributed by atoms with Crippen LogP contribution in [0.25, 0.3) is 0 Å². The van der Waals surface area contributed by atoms with Crippen LogP contribution in [0.5, 0.6) is 0 Å². The van der Waals surface area contributed by atoms with Gasteiger partial charge in [0.25, 0.3) is 0 Å². The lowest BCUT2D eigenvalue weighted by Crippen LogP contribution is -2.22. The molecule has 3 rings (SSSR count). The molecule has 1 fully saturated rings. The molecule has 1 saturated heterocycles. The van der Waals surface area contributed by atoms with Crippen molar-refractivity contribution in [3.63, 3.8) is 0 Å². The summed E-state index contributed by atoms with van der Waals surface area (Å²) in [6.07, 6.45) is 2.42. The summed E-state index contributed by atoms with van der Waals surface area (Å²) in [5.41, 5.74) is 2.59. The number of benzene rings is 2. The van der Waals surface area contributed by atoms with Crippen LogP contribution in [-0.4, -0.2) is 6.54 Å². The van der Waals surface area contributed by atoms with E-state index in [0.29, 0.717) is 6.04 Å². The van der Waals surface area contributed by atoms with E-state index in [1.807, 2.05) is 12.1 Å². The lowest BCUT2D eigenvalue weighted by molar-refractivity contribution is 0.719. The van der Waals surface area contributed by atoms with Crippen molar-refractivity contribution < 1.29 is 0 Å². The Hall–Kier alpha value is -0.990. The summed E-state index contributed by atoms with van der Waals surface area (Å²) in [6.45, 7) is 1.09. The van der Waals surface area contributed by atoms with Gasteiger partial charge in [0.2, 0.25) is 0 Å². The van der Waals surface area contributed by atoms with Gasteiger partial charge in [0, 0.05) is 21.7 Å². The molecule has 1 aliphatic rings. The van der Waals surface area contributed by atoms with E-state index < -0.39 is 0 Å². The Labute approximate surface area is 127 Å². The number of hydrogen-bond acceptors (Lipinski definition) is 1. The summed E-state index contributed by atoms with van der Waals surface area (Å²) in [5, 5.41) is 0.803. The summed E-state index contributed by atoms with van der Waals surface area (Å²) in [6, 6.07) is 17.2. The minimum absolute atomic E-state index is 0.455. The standard InChI is InChI=1S/C16H15BrClN/c17-13-5-1-4-12(10-13)16-8-3-9-19(16)15-7-2-6-14(18)11-15/h1-2,4-7,10-11,16H,3,8-9H2. The van der Waals surface area contributed by atoms with Crippen molar-refractivity contribution in [1.29, 1.82) is 0 Å². The van der Waals surface area contributed by atoms with E-state index >= 15 is 0 Å². The van der Waals surface area contributed by atoms with Gasteiger partial charge in [-0.3, -0.25) is 0 Å². The molecule has 0 aromatic heterocycles. The molecule has 1 aliphatic heterocycles. The Bertz CT molecular complexity index is 533. The first-order valence-corrected chi connectivity index (χ1v) is 7.69. The van der Waals surface area contributed by atoms with Gasteiger partial charge < -0.3 is 4.90 Å². The van der Waals surface area contributed by atoms with Crippen LogP contribution in [0.15, 0.2) is 53.0 Å². The lowest BCUT2D eigenvalue weighted by Gasteiger charge is -2.27. The SMILES string of the molecule is Clc1cccc(N2CCCC2c2cccc(Br)c2)c1. The average molecular weight is 337 g/mol. The maximum absolute atomic E-state index is 6.11. The molecule has 0 bridgehead atoms. The van der Waals surface area contributed by atoms with Gasteiger partial charge in [-0.1, -0.05) is 45.7 Å². The Morgan fingerprint density at radius 2 is 1.95 bits per heavy atom. The van der Waals surface area contributed by atoms with E-state index in [-0.39, 0.29) is 0 Å². The first-order chi connectivity index (χ1) is 9.24. The predicted octanol–water partition coefficient (Wildman–Crippen LogP) is 5.44. The number of halogens is 2. The van der Waals surface area contributed by atoms with E-state index in [0.717, 1.165) is 16.0 Å². The van der Waals surface area contributed by atoms with Crippen molar-refractivity contribution in [3.05, 3.63) is 63.6 Å². The topological polar surface area (TPSA) is 3.24 Å². The minimum Gasteiger partial charge on any atom is -0.364 e. The van der Waals surface area contributed by atoms with Gasteiger partial charge in [0.05, 0.1) is 6.04 Å². The van der Waals surface area contributed by atoms with Crippen LogP contribution in [-0.2, 0) is 0 Å². The van der Waals surface area contributed by atoms with Crippen LogP contribution in [0.2, 0.25) is 5.02 Å². The highest BCUT2D eigenvalue weighted by atomic mass is 79.9. The van der Waals surface area contributed by atoms with Gasteiger partial charge in [-0.15, -0.1) is 0 Å². The number of rotatable bonds is 2. The van der Waals surface area contributed by atoms with Crippen molar-refractivity contribution in [1.82, 2.24) is 0 Å². The molecule has 19 heavy (non-hydrogen) atoms. The van der Waals surface area contributed by atoms with E-state index in [1.165, 1.54) is 24.1 Å². The second-order valence-corrected chi connectivity index (χ2v) is 6.24. The summed E-state index contributed by atoms with van der Waals surface area (Å²) in [7, 11) is 0. The third-order valence-corrected chi connectivity index (χ3v) is 4.35. The first kappa shape index (κ1) is 13.0. The van der Waals surface area contributed by atoms with E-state index in [2.05, 4.69) is 57.2 Å². The van der Waals surface area contributed by atoms with Gasteiger partial charge >= 0.3 is 0 Å².